The lowest BCUT2D eigenvalue weighted by Gasteiger charge is -2.19. The summed E-state index contributed by atoms with van der Waals surface area (Å²) in [7, 11) is 0. The largest absolute Gasteiger partial charge is 0.408 e. The fourth-order valence-corrected chi connectivity index (χ4v) is 1.72. The second kappa shape index (κ2) is 6.22. The van der Waals surface area contributed by atoms with Crippen molar-refractivity contribution in [2.24, 2.45) is 5.73 Å². The van der Waals surface area contributed by atoms with Gasteiger partial charge in [0.2, 0.25) is 5.89 Å². The number of hydrogen-bond acceptors (Lipinski definition) is 5. The normalized spacial score (nSPS) is 23.8. The first-order valence-electron chi connectivity index (χ1n) is 4.61. The van der Waals surface area contributed by atoms with Crippen LogP contribution in [0.2, 0.25) is 0 Å². The molecule has 94 valence electrons. The molecular weight excluding hydrogens is 258 g/mol. The van der Waals surface area contributed by atoms with Crippen molar-refractivity contribution in [3.05, 3.63) is 5.89 Å². The first-order chi connectivity index (χ1) is 6.70. The number of aryl methyl sites for hydroxylation is 1. The predicted octanol–water partition coefficient (Wildman–Crippen LogP) is 1.10. The average Bonchev–Trinajstić information content (AvgIpc) is 2.71. The minimum Gasteiger partial charge on any atom is -0.408 e. The van der Waals surface area contributed by atoms with Crippen molar-refractivity contribution in [3.8, 4) is 0 Å². The molecule has 1 aliphatic rings. The van der Waals surface area contributed by atoms with Crippen molar-refractivity contribution < 1.29 is 8.81 Å². The van der Waals surface area contributed by atoms with Crippen LogP contribution in [0.5, 0.6) is 0 Å². The zero-order chi connectivity index (χ0) is 10.1. The minimum absolute atomic E-state index is 0. The van der Waals surface area contributed by atoms with Crippen LogP contribution >= 0.6 is 24.8 Å². The second-order valence-corrected chi connectivity index (χ2v) is 3.48. The van der Waals surface area contributed by atoms with Gasteiger partial charge in [-0.05, 0) is 0 Å². The Bertz CT molecular complexity index is 325. The van der Waals surface area contributed by atoms with Crippen molar-refractivity contribution >= 4 is 30.8 Å². The Balaban J connectivity index is 0.00000112. The highest BCUT2D eigenvalue weighted by Gasteiger charge is 2.34. The van der Waals surface area contributed by atoms with E-state index in [4.69, 9.17) is 10.2 Å². The van der Waals surface area contributed by atoms with Crippen molar-refractivity contribution in [3.63, 3.8) is 0 Å². The van der Waals surface area contributed by atoms with E-state index in [2.05, 4.69) is 10.2 Å². The number of nitrogens with two attached hydrogens (primary N) is 1. The molecule has 0 bridgehead atoms. The van der Waals surface area contributed by atoms with Crippen molar-refractivity contribution in [2.75, 3.05) is 18.0 Å². The van der Waals surface area contributed by atoms with Gasteiger partial charge in [0.25, 0.3) is 0 Å². The molecular formula is C8H15Cl2FN4O. The molecule has 5 nitrogen and oxygen atoms in total. The summed E-state index contributed by atoms with van der Waals surface area (Å²) in [4.78, 5) is 1.74. The van der Waals surface area contributed by atoms with E-state index in [1.807, 2.05) is 0 Å². The van der Waals surface area contributed by atoms with Gasteiger partial charge >= 0.3 is 6.01 Å². The van der Waals surface area contributed by atoms with Gasteiger partial charge in [-0.25, -0.2) is 4.39 Å². The number of alkyl halides is 1. The summed E-state index contributed by atoms with van der Waals surface area (Å²) < 4.78 is 18.3. The zero-order valence-electron chi connectivity index (χ0n) is 8.80. The highest BCUT2D eigenvalue weighted by Crippen LogP contribution is 2.25. The molecule has 0 spiro atoms. The van der Waals surface area contributed by atoms with Crippen LogP contribution in [0.4, 0.5) is 10.4 Å². The summed E-state index contributed by atoms with van der Waals surface area (Å²) in [6.07, 6.45) is -0.409. The Morgan fingerprint density at radius 2 is 2.19 bits per heavy atom. The van der Waals surface area contributed by atoms with E-state index in [1.165, 1.54) is 0 Å². The summed E-state index contributed by atoms with van der Waals surface area (Å²) >= 11 is 0. The predicted molar refractivity (Wildman–Crippen MR) is 63.2 cm³/mol. The minimum atomic E-state index is -0.851. The van der Waals surface area contributed by atoms with E-state index >= 15 is 0 Å². The molecule has 1 aromatic heterocycles. The van der Waals surface area contributed by atoms with E-state index < -0.39 is 6.17 Å². The lowest BCUT2D eigenvalue weighted by Crippen LogP contribution is -2.35. The second-order valence-electron chi connectivity index (χ2n) is 3.48. The molecule has 1 fully saturated rings. The Morgan fingerprint density at radius 1 is 1.50 bits per heavy atom. The molecule has 1 aromatic rings. The van der Waals surface area contributed by atoms with E-state index in [0.29, 0.717) is 31.4 Å². The first-order valence-corrected chi connectivity index (χ1v) is 4.61. The van der Waals surface area contributed by atoms with E-state index in [1.54, 1.807) is 11.8 Å². The van der Waals surface area contributed by atoms with Gasteiger partial charge in [-0.3, -0.25) is 0 Å². The van der Waals surface area contributed by atoms with Gasteiger partial charge < -0.3 is 15.1 Å². The van der Waals surface area contributed by atoms with Gasteiger partial charge in [-0.1, -0.05) is 5.10 Å². The first kappa shape index (κ1) is 15.4. The molecule has 0 amide bonds. The third-order valence-corrected chi connectivity index (χ3v) is 2.40. The van der Waals surface area contributed by atoms with Crippen molar-refractivity contribution in [1.82, 2.24) is 10.2 Å². The summed E-state index contributed by atoms with van der Waals surface area (Å²) in [5.41, 5.74) is 5.53. The highest BCUT2D eigenvalue weighted by molar-refractivity contribution is 5.85. The highest BCUT2D eigenvalue weighted by atomic mass is 35.5. The van der Waals surface area contributed by atoms with E-state index in [9.17, 15) is 4.39 Å². The van der Waals surface area contributed by atoms with Crippen LogP contribution in [0.15, 0.2) is 4.42 Å². The topological polar surface area (TPSA) is 68.2 Å². The average molecular weight is 273 g/mol. The fourth-order valence-electron chi connectivity index (χ4n) is 1.72. The van der Waals surface area contributed by atoms with Gasteiger partial charge in [0.15, 0.2) is 0 Å². The summed E-state index contributed by atoms with van der Waals surface area (Å²) in [6, 6.07) is 0.350. The maximum absolute atomic E-state index is 13.1. The smallest absolute Gasteiger partial charge is 0.318 e. The molecule has 1 aliphatic heterocycles. The lowest BCUT2D eigenvalue weighted by atomic mass is 10.2. The van der Waals surface area contributed by atoms with E-state index in [-0.39, 0.29) is 30.9 Å². The number of nitrogens with zero attached hydrogens (tertiary/aromatic N) is 3. The molecule has 0 aromatic carbocycles. The Hall–Kier alpha value is -0.590. The number of aromatic nitrogens is 2. The van der Waals surface area contributed by atoms with Gasteiger partial charge in [-0.2, -0.15) is 0 Å². The molecule has 0 aliphatic carbocycles. The van der Waals surface area contributed by atoms with Crippen LogP contribution in [-0.4, -0.2) is 35.5 Å². The zero-order valence-corrected chi connectivity index (χ0v) is 10.4. The molecule has 2 N–H and O–H groups in total. The number of hydrogen-bond donors (Lipinski definition) is 1. The molecule has 16 heavy (non-hydrogen) atoms. The Morgan fingerprint density at radius 3 is 2.69 bits per heavy atom. The lowest BCUT2D eigenvalue weighted by molar-refractivity contribution is 0.356. The summed E-state index contributed by atoms with van der Waals surface area (Å²) in [5.74, 6) is 0.484. The van der Waals surface area contributed by atoms with E-state index in [0.717, 1.165) is 0 Å². The molecule has 2 rings (SSSR count). The monoisotopic (exact) mass is 272 g/mol. The summed E-state index contributed by atoms with van der Waals surface area (Å²) in [6.45, 7) is 2.41. The summed E-state index contributed by atoms with van der Waals surface area (Å²) in [5, 5.41) is 7.55. The SMILES string of the molecule is Cc1nnc(N2C[C@@H](F)C[C@H]2CN)o1.Cl.Cl. The van der Waals surface area contributed by atoms with Gasteiger partial charge in [0.05, 0.1) is 6.54 Å². The molecule has 8 heteroatoms. The molecule has 2 atom stereocenters. The maximum atomic E-state index is 13.1. The number of anilines is 1. The van der Waals surface area contributed by atoms with Gasteiger partial charge in [0, 0.05) is 25.9 Å². The maximum Gasteiger partial charge on any atom is 0.318 e. The van der Waals surface area contributed by atoms with Crippen LogP contribution in [0.1, 0.15) is 12.3 Å². The molecule has 1 saturated heterocycles. The van der Waals surface area contributed by atoms with Crippen LogP contribution < -0.4 is 10.6 Å². The third kappa shape index (κ3) is 2.96. The van der Waals surface area contributed by atoms with Crippen molar-refractivity contribution in [1.29, 1.82) is 0 Å². The van der Waals surface area contributed by atoms with Crippen molar-refractivity contribution in [2.45, 2.75) is 25.6 Å². The van der Waals surface area contributed by atoms with Crippen LogP contribution in [0.25, 0.3) is 0 Å². The van der Waals surface area contributed by atoms with Crippen LogP contribution in [-0.2, 0) is 0 Å². The Kier molecular flexibility index (Phi) is 5.99. The molecule has 0 unspecified atom stereocenters. The fraction of sp³-hybridized carbons (Fsp3) is 0.750. The van der Waals surface area contributed by atoms with Crippen LogP contribution in [0.3, 0.4) is 0 Å². The van der Waals surface area contributed by atoms with Gasteiger partial charge in [0.1, 0.15) is 6.17 Å². The number of halogens is 3. The quantitative estimate of drug-likeness (QED) is 0.873. The molecule has 2 heterocycles. The molecule has 0 radical (unpaired) electrons. The van der Waals surface area contributed by atoms with Gasteiger partial charge in [-0.15, -0.1) is 29.9 Å². The molecule has 0 saturated carbocycles. The van der Waals surface area contributed by atoms with Crippen LogP contribution in [0, 0.1) is 6.92 Å². The number of rotatable bonds is 2. The Labute approximate surface area is 105 Å². The standard InChI is InChI=1S/C8H13FN4O.2ClH/c1-5-11-12-8(14-5)13-4-6(9)2-7(13)3-10;;/h6-7H,2-4,10H2,1H3;2*1H/t6-,7-;;/m0../s1. The third-order valence-electron chi connectivity index (χ3n) is 2.40.